The average molecular weight is 307 g/mol. The van der Waals surface area contributed by atoms with Crippen LogP contribution in [0, 0.1) is 0 Å². The highest BCUT2D eigenvalue weighted by Gasteiger charge is 2.07. The Bertz CT molecular complexity index is 455. The fourth-order valence-corrected chi connectivity index (χ4v) is 1.66. The average Bonchev–Trinajstić information content (AvgIpc) is 2.33. The van der Waals surface area contributed by atoms with Crippen molar-refractivity contribution >= 4 is 52.2 Å². The number of ether oxygens (including phenoxy) is 1. The number of esters is 1. The smallest absolute Gasteiger partial charge is 0.325 e. The molecule has 18 heavy (non-hydrogen) atoms. The molecular weight excluding hydrogens is 295 g/mol. The number of anilines is 1. The van der Waals surface area contributed by atoms with Crippen LogP contribution in [-0.4, -0.2) is 24.2 Å². The van der Waals surface area contributed by atoms with Gasteiger partial charge in [0.2, 0.25) is 0 Å². The number of benzene rings is 1. The van der Waals surface area contributed by atoms with Gasteiger partial charge in [0.1, 0.15) is 6.54 Å². The van der Waals surface area contributed by atoms with Gasteiger partial charge in [-0.3, -0.25) is 4.79 Å². The van der Waals surface area contributed by atoms with Crippen LogP contribution >= 0.6 is 35.4 Å². The second-order valence-corrected chi connectivity index (χ2v) is 4.41. The molecule has 0 saturated heterocycles. The maximum Gasteiger partial charge on any atom is 0.325 e. The van der Waals surface area contributed by atoms with E-state index in [4.69, 9.17) is 40.2 Å². The molecule has 0 spiro atoms. The van der Waals surface area contributed by atoms with Crippen LogP contribution in [0.3, 0.4) is 0 Å². The molecule has 1 aromatic carbocycles. The summed E-state index contributed by atoms with van der Waals surface area (Å²) < 4.78 is 4.75. The summed E-state index contributed by atoms with van der Waals surface area (Å²) >= 11 is 16.8. The van der Waals surface area contributed by atoms with Crippen molar-refractivity contribution in [1.29, 1.82) is 0 Å². The molecular formula is C11H12Cl2N2O2S. The van der Waals surface area contributed by atoms with E-state index in [2.05, 4.69) is 10.6 Å². The molecule has 0 aliphatic rings. The van der Waals surface area contributed by atoms with E-state index in [1.807, 2.05) is 0 Å². The highest BCUT2D eigenvalue weighted by molar-refractivity contribution is 7.80. The number of nitrogens with one attached hydrogen (secondary N) is 2. The first-order valence-electron chi connectivity index (χ1n) is 5.19. The number of hydrogen-bond donors (Lipinski definition) is 2. The van der Waals surface area contributed by atoms with Crippen LogP contribution in [0.25, 0.3) is 0 Å². The van der Waals surface area contributed by atoms with Gasteiger partial charge in [-0.05, 0) is 31.3 Å². The second-order valence-electron chi connectivity index (χ2n) is 3.21. The Morgan fingerprint density at radius 1 is 1.44 bits per heavy atom. The maximum absolute atomic E-state index is 11.1. The molecule has 0 aliphatic carbocycles. The van der Waals surface area contributed by atoms with E-state index in [1.54, 1.807) is 25.1 Å². The third kappa shape index (κ3) is 4.68. The van der Waals surface area contributed by atoms with Gasteiger partial charge in [0.05, 0.1) is 22.3 Å². The van der Waals surface area contributed by atoms with Gasteiger partial charge >= 0.3 is 5.97 Å². The van der Waals surface area contributed by atoms with Gasteiger partial charge < -0.3 is 15.4 Å². The van der Waals surface area contributed by atoms with Crippen LogP contribution < -0.4 is 10.6 Å². The lowest BCUT2D eigenvalue weighted by atomic mass is 10.3. The number of hydrogen-bond acceptors (Lipinski definition) is 3. The molecule has 0 heterocycles. The quantitative estimate of drug-likeness (QED) is 0.662. The largest absolute Gasteiger partial charge is 0.465 e. The summed E-state index contributed by atoms with van der Waals surface area (Å²) in [7, 11) is 0. The van der Waals surface area contributed by atoms with E-state index < -0.39 is 0 Å². The molecule has 0 aliphatic heterocycles. The van der Waals surface area contributed by atoms with Gasteiger partial charge in [-0.1, -0.05) is 29.3 Å². The molecule has 0 bridgehead atoms. The second kappa shape index (κ2) is 7.41. The Balaban J connectivity index is 2.50. The zero-order valence-electron chi connectivity index (χ0n) is 9.63. The Morgan fingerprint density at radius 3 is 2.83 bits per heavy atom. The van der Waals surface area contributed by atoms with E-state index >= 15 is 0 Å². The van der Waals surface area contributed by atoms with Gasteiger partial charge in [-0.25, -0.2) is 0 Å². The lowest BCUT2D eigenvalue weighted by molar-refractivity contribution is -0.141. The lowest BCUT2D eigenvalue weighted by Crippen LogP contribution is -2.33. The normalized spacial score (nSPS) is 9.72. The molecule has 0 saturated carbocycles. The summed E-state index contributed by atoms with van der Waals surface area (Å²) in [5, 5.41) is 6.62. The SMILES string of the molecule is CCOC(=O)CNC(=S)Nc1cccc(Cl)c1Cl. The summed E-state index contributed by atoms with van der Waals surface area (Å²) in [6.07, 6.45) is 0. The first-order chi connectivity index (χ1) is 8.54. The van der Waals surface area contributed by atoms with Gasteiger partial charge in [0.15, 0.2) is 5.11 Å². The zero-order valence-corrected chi connectivity index (χ0v) is 12.0. The van der Waals surface area contributed by atoms with Crippen LogP contribution in [0.5, 0.6) is 0 Å². The number of halogens is 2. The standard InChI is InChI=1S/C11H12Cl2N2O2S/c1-2-17-9(16)6-14-11(18)15-8-5-3-4-7(12)10(8)13/h3-5H,2,6H2,1H3,(H2,14,15,18). The maximum atomic E-state index is 11.1. The van der Waals surface area contributed by atoms with Crippen molar-refractivity contribution in [3.63, 3.8) is 0 Å². The van der Waals surface area contributed by atoms with Crippen molar-refractivity contribution in [1.82, 2.24) is 5.32 Å². The summed E-state index contributed by atoms with van der Waals surface area (Å²) in [5.74, 6) is -0.376. The van der Waals surface area contributed by atoms with E-state index in [0.29, 0.717) is 22.3 Å². The predicted octanol–water partition coefficient (Wildman–Crippen LogP) is 2.84. The molecule has 4 nitrogen and oxygen atoms in total. The van der Waals surface area contributed by atoms with Crippen molar-refractivity contribution in [2.75, 3.05) is 18.5 Å². The molecule has 0 amide bonds. The molecule has 0 unspecified atom stereocenters. The predicted molar refractivity (Wildman–Crippen MR) is 77.3 cm³/mol. The minimum atomic E-state index is -0.376. The molecule has 7 heteroatoms. The molecule has 0 aromatic heterocycles. The highest BCUT2D eigenvalue weighted by Crippen LogP contribution is 2.29. The Morgan fingerprint density at radius 2 is 2.17 bits per heavy atom. The summed E-state index contributed by atoms with van der Waals surface area (Å²) in [6.45, 7) is 2.07. The number of carbonyl (C=O) groups is 1. The zero-order chi connectivity index (χ0) is 13.5. The van der Waals surface area contributed by atoms with Crippen molar-refractivity contribution in [3.05, 3.63) is 28.2 Å². The van der Waals surface area contributed by atoms with Crippen molar-refractivity contribution in [2.45, 2.75) is 6.92 Å². The van der Waals surface area contributed by atoms with Gasteiger partial charge in [-0.2, -0.15) is 0 Å². The molecule has 98 valence electrons. The molecule has 1 rings (SSSR count). The van der Waals surface area contributed by atoms with E-state index in [0.717, 1.165) is 0 Å². The van der Waals surface area contributed by atoms with Gasteiger partial charge in [-0.15, -0.1) is 0 Å². The van der Waals surface area contributed by atoms with Gasteiger partial charge in [0, 0.05) is 0 Å². The lowest BCUT2D eigenvalue weighted by Gasteiger charge is -2.11. The third-order valence-electron chi connectivity index (χ3n) is 1.90. The Kier molecular flexibility index (Phi) is 6.18. The fourth-order valence-electron chi connectivity index (χ4n) is 1.13. The monoisotopic (exact) mass is 306 g/mol. The van der Waals surface area contributed by atoms with Crippen molar-refractivity contribution in [2.24, 2.45) is 0 Å². The molecule has 0 radical (unpaired) electrons. The van der Waals surface area contributed by atoms with Crippen LogP contribution in [0.1, 0.15) is 6.92 Å². The van der Waals surface area contributed by atoms with Crippen molar-refractivity contribution < 1.29 is 9.53 Å². The van der Waals surface area contributed by atoms with E-state index in [-0.39, 0.29) is 17.6 Å². The molecule has 2 N–H and O–H groups in total. The first kappa shape index (κ1) is 15.0. The summed E-state index contributed by atoms with van der Waals surface area (Å²) in [4.78, 5) is 11.1. The topological polar surface area (TPSA) is 50.4 Å². The number of carbonyl (C=O) groups excluding carboxylic acids is 1. The summed E-state index contributed by atoms with van der Waals surface area (Å²) in [5.41, 5.74) is 0.575. The minimum Gasteiger partial charge on any atom is -0.465 e. The Hall–Kier alpha value is -1.04. The number of rotatable bonds is 4. The minimum absolute atomic E-state index is 0.00212. The molecule has 0 fully saturated rings. The fraction of sp³-hybridized carbons (Fsp3) is 0.273. The van der Waals surface area contributed by atoms with Crippen molar-refractivity contribution in [3.8, 4) is 0 Å². The molecule has 0 atom stereocenters. The highest BCUT2D eigenvalue weighted by atomic mass is 35.5. The van der Waals surface area contributed by atoms with E-state index in [9.17, 15) is 4.79 Å². The number of thiocarbonyl (C=S) groups is 1. The van der Waals surface area contributed by atoms with Gasteiger partial charge in [0.25, 0.3) is 0 Å². The van der Waals surface area contributed by atoms with Crippen LogP contribution in [0.15, 0.2) is 18.2 Å². The third-order valence-corrected chi connectivity index (χ3v) is 2.96. The van der Waals surface area contributed by atoms with Crippen LogP contribution in [0.2, 0.25) is 10.0 Å². The first-order valence-corrected chi connectivity index (χ1v) is 6.35. The Labute approximate surface area is 121 Å². The van der Waals surface area contributed by atoms with E-state index in [1.165, 1.54) is 0 Å². The summed E-state index contributed by atoms with van der Waals surface area (Å²) in [6, 6.07) is 5.14. The van der Waals surface area contributed by atoms with Crippen LogP contribution in [-0.2, 0) is 9.53 Å². The molecule has 1 aromatic rings. The van der Waals surface area contributed by atoms with Crippen LogP contribution in [0.4, 0.5) is 5.69 Å².